The molecule has 4 rings (SSSR count). The van der Waals surface area contributed by atoms with Gasteiger partial charge in [-0.3, -0.25) is 4.79 Å². The fourth-order valence-corrected chi connectivity index (χ4v) is 4.53. The summed E-state index contributed by atoms with van der Waals surface area (Å²) in [6.07, 6.45) is -4.64. The van der Waals surface area contributed by atoms with E-state index >= 15 is 0 Å². The highest BCUT2D eigenvalue weighted by Gasteiger charge is 2.34. The van der Waals surface area contributed by atoms with Crippen LogP contribution in [0.2, 0.25) is 0 Å². The molecule has 0 saturated carbocycles. The van der Waals surface area contributed by atoms with Crippen LogP contribution in [-0.4, -0.2) is 26.0 Å². The maximum absolute atomic E-state index is 13.6. The lowest BCUT2D eigenvalue weighted by molar-refractivity contribution is -0.141. The molecule has 1 amide bonds. The molecular weight excluding hydrogens is 483 g/mol. The first kappa shape index (κ1) is 25.4. The van der Waals surface area contributed by atoms with Crippen LogP contribution in [0.5, 0.6) is 0 Å². The minimum atomic E-state index is -4.64. The number of benzene rings is 3. The molecule has 0 fully saturated rings. The van der Waals surface area contributed by atoms with Crippen molar-refractivity contribution < 1.29 is 18.0 Å². The molecule has 1 aromatic heterocycles. The van der Waals surface area contributed by atoms with Crippen LogP contribution in [0.3, 0.4) is 0 Å². The first-order chi connectivity index (χ1) is 17.3. The summed E-state index contributed by atoms with van der Waals surface area (Å²) in [5, 5.41) is -0.798. The van der Waals surface area contributed by atoms with Gasteiger partial charge in [0.05, 0.1) is 10.9 Å². The van der Waals surface area contributed by atoms with Crippen LogP contribution in [0.25, 0.3) is 11.3 Å². The number of hydrogen-bond acceptors (Lipinski definition) is 4. The smallest absolute Gasteiger partial charge is 0.333 e. The van der Waals surface area contributed by atoms with Crippen molar-refractivity contribution in [3.63, 3.8) is 0 Å². The quantitative estimate of drug-likeness (QED) is 0.193. The van der Waals surface area contributed by atoms with Crippen LogP contribution in [0.4, 0.5) is 13.2 Å². The van der Waals surface area contributed by atoms with Gasteiger partial charge >= 0.3 is 6.18 Å². The minimum absolute atomic E-state index is 0.0936. The summed E-state index contributed by atoms with van der Waals surface area (Å²) in [6.45, 7) is 2.41. The summed E-state index contributed by atoms with van der Waals surface area (Å²) in [7, 11) is 0. The van der Waals surface area contributed by atoms with Crippen molar-refractivity contribution in [3.05, 3.63) is 114 Å². The largest absolute Gasteiger partial charge is 0.433 e. The van der Waals surface area contributed by atoms with E-state index in [1.165, 1.54) is 0 Å². The molecule has 4 nitrogen and oxygen atoms in total. The van der Waals surface area contributed by atoms with Crippen LogP contribution >= 0.6 is 11.8 Å². The van der Waals surface area contributed by atoms with E-state index in [9.17, 15) is 18.0 Å². The Labute approximate surface area is 212 Å². The van der Waals surface area contributed by atoms with Gasteiger partial charge < -0.3 is 4.90 Å². The molecule has 0 saturated heterocycles. The summed E-state index contributed by atoms with van der Waals surface area (Å²) in [5.74, 6) is -0.213. The first-order valence-electron chi connectivity index (χ1n) is 11.3. The Morgan fingerprint density at radius 1 is 0.833 bits per heavy atom. The fourth-order valence-electron chi connectivity index (χ4n) is 3.66. The number of amides is 1. The van der Waals surface area contributed by atoms with Crippen LogP contribution in [0, 0.1) is 0 Å². The lowest BCUT2D eigenvalue weighted by Gasteiger charge is -2.26. The highest BCUT2D eigenvalue weighted by molar-refractivity contribution is 8.00. The van der Waals surface area contributed by atoms with Crippen LogP contribution in [0.1, 0.15) is 23.7 Å². The third-order valence-corrected chi connectivity index (χ3v) is 6.39. The molecule has 8 heteroatoms. The van der Waals surface area contributed by atoms with E-state index in [1.54, 1.807) is 42.2 Å². The van der Waals surface area contributed by atoms with E-state index in [2.05, 4.69) is 9.97 Å². The minimum Gasteiger partial charge on any atom is -0.333 e. The number of thioether (sulfide) groups is 1. The Balaban J connectivity index is 1.60. The number of alkyl halides is 3. The summed E-state index contributed by atoms with van der Waals surface area (Å²) in [4.78, 5) is 23.3. The summed E-state index contributed by atoms with van der Waals surface area (Å²) in [5.41, 5.74) is 1.58. The Bertz CT molecular complexity index is 1240. The maximum Gasteiger partial charge on any atom is 0.433 e. The molecule has 0 spiro atoms. The molecule has 184 valence electrons. The van der Waals surface area contributed by atoms with E-state index < -0.39 is 17.1 Å². The average molecular weight is 508 g/mol. The lowest BCUT2D eigenvalue weighted by atomic mass is 10.1. The molecular formula is C28H24F3N3OS. The molecule has 4 aromatic rings. The zero-order valence-electron chi connectivity index (χ0n) is 19.5. The second-order valence-electron chi connectivity index (χ2n) is 8.21. The number of carbonyl (C=O) groups is 1. The third-order valence-electron chi connectivity index (χ3n) is 5.44. The lowest BCUT2D eigenvalue weighted by Crippen LogP contribution is -2.35. The molecule has 1 heterocycles. The van der Waals surface area contributed by atoms with E-state index in [4.69, 9.17) is 0 Å². The normalized spacial score (nSPS) is 12.2. The van der Waals surface area contributed by atoms with E-state index in [1.807, 2.05) is 60.7 Å². The van der Waals surface area contributed by atoms with Gasteiger partial charge in [-0.05, 0) is 24.1 Å². The fraction of sp³-hybridized carbons (Fsp3) is 0.179. The SMILES string of the molecule is C[C@@H](Sc1nc(-c2ccccc2)cc(C(F)(F)F)n1)C(=O)N(Cc1ccccc1)Cc1ccccc1. The molecule has 0 bridgehead atoms. The van der Waals surface area contributed by atoms with Gasteiger partial charge in [-0.2, -0.15) is 13.2 Å². The van der Waals surface area contributed by atoms with Crippen molar-refractivity contribution >= 4 is 17.7 Å². The standard InChI is InChI=1S/C28H24F3N3OS/c1-20(26(35)34(18-21-11-5-2-6-12-21)19-22-13-7-3-8-14-22)36-27-32-24(23-15-9-4-10-16-23)17-25(33-27)28(29,30)31/h2-17,20H,18-19H2,1H3/t20-/m1/s1. The predicted molar refractivity (Wildman–Crippen MR) is 135 cm³/mol. The van der Waals surface area contributed by atoms with Crippen molar-refractivity contribution in [1.82, 2.24) is 14.9 Å². The molecule has 0 aliphatic rings. The van der Waals surface area contributed by atoms with Gasteiger partial charge in [-0.1, -0.05) is 103 Å². The topological polar surface area (TPSA) is 46.1 Å². The summed E-state index contributed by atoms with van der Waals surface area (Å²) in [6, 6.07) is 28.7. The van der Waals surface area contributed by atoms with E-state index in [0.717, 1.165) is 29.0 Å². The van der Waals surface area contributed by atoms with Crippen molar-refractivity contribution in [2.45, 2.75) is 36.6 Å². The highest BCUT2D eigenvalue weighted by atomic mass is 32.2. The van der Waals surface area contributed by atoms with Gasteiger partial charge in [0, 0.05) is 18.7 Å². The molecule has 36 heavy (non-hydrogen) atoms. The van der Waals surface area contributed by atoms with Crippen LogP contribution in [0.15, 0.2) is 102 Å². The third kappa shape index (κ3) is 6.73. The Kier molecular flexibility index (Phi) is 8.05. The van der Waals surface area contributed by atoms with Gasteiger partial charge in [0.25, 0.3) is 0 Å². The number of rotatable bonds is 8. The number of hydrogen-bond donors (Lipinski definition) is 0. The van der Waals surface area contributed by atoms with E-state index in [-0.39, 0.29) is 16.8 Å². The average Bonchev–Trinajstić information content (AvgIpc) is 2.89. The van der Waals surface area contributed by atoms with Gasteiger partial charge in [0.15, 0.2) is 5.16 Å². The number of carbonyl (C=O) groups excluding carboxylic acids is 1. The number of halogens is 3. The number of aromatic nitrogens is 2. The van der Waals surface area contributed by atoms with Gasteiger partial charge in [-0.25, -0.2) is 9.97 Å². The molecule has 0 aliphatic heterocycles. The molecule has 0 radical (unpaired) electrons. The van der Waals surface area contributed by atoms with E-state index in [0.29, 0.717) is 18.7 Å². The van der Waals surface area contributed by atoms with Crippen molar-refractivity contribution in [2.75, 3.05) is 0 Å². The predicted octanol–water partition coefficient (Wildman–Crippen LogP) is 6.87. The zero-order chi connectivity index (χ0) is 25.5. The van der Waals surface area contributed by atoms with Crippen molar-refractivity contribution in [3.8, 4) is 11.3 Å². The molecule has 0 unspecified atom stereocenters. The molecule has 3 aromatic carbocycles. The second kappa shape index (κ2) is 11.4. The van der Waals surface area contributed by atoms with Gasteiger partial charge in [0.2, 0.25) is 5.91 Å². The van der Waals surface area contributed by atoms with Gasteiger partial charge in [-0.15, -0.1) is 0 Å². The van der Waals surface area contributed by atoms with Crippen molar-refractivity contribution in [1.29, 1.82) is 0 Å². The Morgan fingerprint density at radius 3 is 1.83 bits per heavy atom. The van der Waals surface area contributed by atoms with Crippen LogP contribution in [-0.2, 0) is 24.1 Å². The zero-order valence-corrected chi connectivity index (χ0v) is 20.3. The maximum atomic E-state index is 13.6. The monoisotopic (exact) mass is 507 g/mol. The second-order valence-corrected chi connectivity index (χ2v) is 9.52. The Hall–Kier alpha value is -3.65. The van der Waals surface area contributed by atoms with Gasteiger partial charge in [0.1, 0.15) is 5.69 Å². The van der Waals surface area contributed by atoms with Crippen LogP contribution < -0.4 is 0 Å². The number of nitrogens with zero attached hydrogens (tertiary/aromatic N) is 3. The highest BCUT2D eigenvalue weighted by Crippen LogP contribution is 2.33. The Morgan fingerprint density at radius 2 is 1.33 bits per heavy atom. The van der Waals surface area contributed by atoms with Crippen molar-refractivity contribution in [2.24, 2.45) is 0 Å². The first-order valence-corrected chi connectivity index (χ1v) is 12.2. The molecule has 0 aliphatic carbocycles. The summed E-state index contributed by atoms with van der Waals surface area (Å²) < 4.78 is 40.8. The molecule has 0 N–H and O–H groups in total. The molecule has 1 atom stereocenters. The summed E-state index contributed by atoms with van der Waals surface area (Å²) >= 11 is 0.927.